The first-order valence-electron chi connectivity index (χ1n) is 32.3. The fourth-order valence-corrected chi connectivity index (χ4v) is 9.43. The Bertz CT molecular complexity index is 1330. The van der Waals surface area contributed by atoms with Gasteiger partial charge in [-0.1, -0.05) is 293 Å². The van der Waals surface area contributed by atoms with Crippen molar-refractivity contribution in [2.75, 3.05) is 13.2 Å². The van der Waals surface area contributed by atoms with Crippen LogP contribution in [0.5, 0.6) is 0 Å². The number of ether oxygens (including phenoxy) is 3. The Hall–Kier alpha value is -2.89. The van der Waals surface area contributed by atoms with Crippen LogP contribution in [0.1, 0.15) is 335 Å². The van der Waals surface area contributed by atoms with Crippen LogP contribution in [0.15, 0.2) is 60.8 Å². The second kappa shape index (κ2) is 62.6. The smallest absolute Gasteiger partial charge is 0.306 e. The van der Waals surface area contributed by atoms with E-state index in [0.29, 0.717) is 19.3 Å². The lowest BCUT2D eigenvalue weighted by Gasteiger charge is -2.18. The predicted octanol–water partition coefficient (Wildman–Crippen LogP) is 21.9. The molecule has 0 spiro atoms. The van der Waals surface area contributed by atoms with Crippen molar-refractivity contribution >= 4 is 17.9 Å². The van der Waals surface area contributed by atoms with E-state index in [0.717, 1.165) is 83.5 Å². The zero-order valence-corrected chi connectivity index (χ0v) is 49.4. The van der Waals surface area contributed by atoms with Gasteiger partial charge >= 0.3 is 17.9 Å². The molecule has 0 heterocycles. The lowest BCUT2D eigenvalue weighted by molar-refractivity contribution is -0.167. The van der Waals surface area contributed by atoms with Crippen LogP contribution in [0.3, 0.4) is 0 Å². The molecule has 1 atom stereocenters. The average Bonchev–Trinajstić information content (AvgIpc) is 3.40. The van der Waals surface area contributed by atoms with E-state index in [-0.39, 0.29) is 31.1 Å². The van der Waals surface area contributed by atoms with Crippen molar-refractivity contribution in [3.8, 4) is 0 Å². The van der Waals surface area contributed by atoms with Crippen molar-refractivity contribution in [2.45, 2.75) is 341 Å². The van der Waals surface area contributed by atoms with Crippen molar-refractivity contribution in [3.63, 3.8) is 0 Å². The molecule has 6 heteroatoms. The van der Waals surface area contributed by atoms with Crippen LogP contribution in [-0.2, 0) is 28.6 Å². The van der Waals surface area contributed by atoms with Crippen LogP contribution >= 0.6 is 0 Å². The van der Waals surface area contributed by atoms with Crippen LogP contribution in [0.25, 0.3) is 0 Å². The fraction of sp³-hybridized carbons (Fsp3) is 0.809. The minimum absolute atomic E-state index is 0.0839. The summed E-state index contributed by atoms with van der Waals surface area (Å²) in [4.78, 5) is 38.3. The summed E-state index contributed by atoms with van der Waals surface area (Å²) in [7, 11) is 0. The molecule has 0 aliphatic heterocycles. The third kappa shape index (κ3) is 60.0. The Kier molecular flexibility index (Phi) is 60.2. The van der Waals surface area contributed by atoms with Crippen molar-refractivity contribution < 1.29 is 28.6 Å². The van der Waals surface area contributed by atoms with E-state index in [1.807, 2.05) is 0 Å². The van der Waals surface area contributed by atoms with Gasteiger partial charge in [0.2, 0.25) is 0 Å². The summed E-state index contributed by atoms with van der Waals surface area (Å²) in [5, 5.41) is 0. The van der Waals surface area contributed by atoms with E-state index in [9.17, 15) is 14.4 Å². The molecular formula is C68H122O6. The number of hydrogen-bond donors (Lipinski definition) is 0. The van der Waals surface area contributed by atoms with Crippen LogP contribution < -0.4 is 0 Å². The van der Waals surface area contributed by atoms with E-state index >= 15 is 0 Å². The Labute approximate surface area is 460 Å². The number of carbonyl (C=O) groups excluding carboxylic acids is 3. The van der Waals surface area contributed by atoms with E-state index in [4.69, 9.17) is 14.2 Å². The van der Waals surface area contributed by atoms with E-state index in [2.05, 4.69) is 81.5 Å². The molecule has 0 bridgehead atoms. The molecular weight excluding hydrogens is 913 g/mol. The van der Waals surface area contributed by atoms with Gasteiger partial charge in [-0.3, -0.25) is 14.4 Å². The molecule has 0 aromatic rings. The molecule has 430 valence electrons. The largest absolute Gasteiger partial charge is 0.462 e. The van der Waals surface area contributed by atoms with Gasteiger partial charge in [-0.2, -0.15) is 0 Å². The third-order valence-corrected chi connectivity index (χ3v) is 14.3. The second-order valence-corrected chi connectivity index (χ2v) is 21.6. The van der Waals surface area contributed by atoms with Gasteiger partial charge in [0.1, 0.15) is 13.2 Å². The summed E-state index contributed by atoms with van der Waals surface area (Å²) < 4.78 is 16.9. The third-order valence-electron chi connectivity index (χ3n) is 14.3. The number of allylic oxidation sites excluding steroid dienone is 10. The molecule has 0 rings (SSSR count). The number of unbranched alkanes of at least 4 members (excludes halogenated alkanes) is 38. The highest BCUT2D eigenvalue weighted by Gasteiger charge is 2.19. The minimum atomic E-state index is -0.790. The molecule has 1 unspecified atom stereocenters. The molecule has 0 saturated heterocycles. The molecule has 0 N–H and O–H groups in total. The molecule has 0 fully saturated rings. The number of carbonyl (C=O) groups is 3. The zero-order chi connectivity index (χ0) is 53.6. The van der Waals surface area contributed by atoms with Crippen molar-refractivity contribution in [2.24, 2.45) is 0 Å². The normalized spacial score (nSPS) is 12.4. The number of hydrogen-bond acceptors (Lipinski definition) is 6. The quantitative estimate of drug-likeness (QED) is 0.0261. The Balaban J connectivity index is 4.30. The fourth-order valence-electron chi connectivity index (χ4n) is 9.43. The van der Waals surface area contributed by atoms with Gasteiger partial charge in [0.25, 0.3) is 0 Å². The first-order chi connectivity index (χ1) is 36.5. The van der Waals surface area contributed by atoms with E-state index in [1.54, 1.807) is 0 Å². The standard InChI is InChI=1S/C68H122O6/c1-4-7-10-13-16-19-22-25-28-30-31-32-33-34-35-36-37-38-41-43-46-49-52-55-58-61-67(70)73-64-65(63-72-66(69)60-57-54-51-48-45-42-39-27-24-21-18-15-12-9-6-3)74-68(71)62-59-56-53-50-47-44-40-29-26-23-20-17-14-11-8-5-2/h9,12,18,21,27,30-31,39,45,48,65H,4-8,10-11,13-17,19-20,22-26,28-29,32-38,40-44,46-47,49-64H2,1-3H3/b12-9-,21-18-,31-30-,39-27-,48-45-. The van der Waals surface area contributed by atoms with Crippen LogP contribution in [0, 0.1) is 0 Å². The highest BCUT2D eigenvalue weighted by Crippen LogP contribution is 2.17. The first kappa shape index (κ1) is 71.1. The number of rotatable bonds is 59. The van der Waals surface area contributed by atoms with Gasteiger partial charge < -0.3 is 14.2 Å². The van der Waals surface area contributed by atoms with Gasteiger partial charge in [0.05, 0.1) is 0 Å². The summed E-state index contributed by atoms with van der Waals surface area (Å²) in [5.74, 6) is -0.908. The molecule has 74 heavy (non-hydrogen) atoms. The summed E-state index contributed by atoms with van der Waals surface area (Å²) >= 11 is 0. The zero-order valence-electron chi connectivity index (χ0n) is 49.4. The number of esters is 3. The maximum absolute atomic E-state index is 12.9. The molecule has 6 nitrogen and oxygen atoms in total. The summed E-state index contributed by atoms with van der Waals surface area (Å²) in [6, 6.07) is 0. The Morgan fingerprint density at radius 2 is 0.527 bits per heavy atom. The lowest BCUT2D eigenvalue weighted by Crippen LogP contribution is -2.30. The highest BCUT2D eigenvalue weighted by atomic mass is 16.6. The molecule has 0 saturated carbocycles. The Morgan fingerprint density at radius 1 is 0.284 bits per heavy atom. The highest BCUT2D eigenvalue weighted by molar-refractivity contribution is 5.71. The molecule has 0 aliphatic rings. The van der Waals surface area contributed by atoms with Gasteiger partial charge in [-0.15, -0.1) is 0 Å². The van der Waals surface area contributed by atoms with Crippen molar-refractivity contribution in [1.29, 1.82) is 0 Å². The topological polar surface area (TPSA) is 78.9 Å². The Morgan fingerprint density at radius 3 is 0.865 bits per heavy atom. The molecule has 0 aromatic heterocycles. The van der Waals surface area contributed by atoms with Crippen molar-refractivity contribution in [1.82, 2.24) is 0 Å². The van der Waals surface area contributed by atoms with E-state index < -0.39 is 6.10 Å². The van der Waals surface area contributed by atoms with Gasteiger partial charge in [-0.05, 0) is 83.5 Å². The SMILES string of the molecule is CC/C=C\C/C=C\C/C=C\C/C=C\CCCCC(=O)OCC(COC(=O)CCCCCCCCCCCCCCC/C=C\CCCCCCCCCC)OC(=O)CCCCCCCCCCCCCCCCCC. The summed E-state index contributed by atoms with van der Waals surface area (Å²) in [6.07, 6.45) is 79.5. The second-order valence-electron chi connectivity index (χ2n) is 21.6. The van der Waals surface area contributed by atoms with Gasteiger partial charge in [-0.25, -0.2) is 0 Å². The van der Waals surface area contributed by atoms with Gasteiger partial charge in [0, 0.05) is 19.3 Å². The van der Waals surface area contributed by atoms with Crippen LogP contribution in [0.2, 0.25) is 0 Å². The summed E-state index contributed by atoms with van der Waals surface area (Å²) in [5.41, 5.74) is 0. The summed E-state index contributed by atoms with van der Waals surface area (Å²) in [6.45, 7) is 6.54. The molecule has 0 aliphatic carbocycles. The van der Waals surface area contributed by atoms with Crippen LogP contribution in [-0.4, -0.2) is 37.2 Å². The molecule has 0 amide bonds. The maximum Gasteiger partial charge on any atom is 0.306 e. The van der Waals surface area contributed by atoms with Crippen LogP contribution in [0.4, 0.5) is 0 Å². The lowest BCUT2D eigenvalue weighted by atomic mass is 10.0. The van der Waals surface area contributed by atoms with E-state index in [1.165, 1.54) is 212 Å². The first-order valence-corrected chi connectivity index (χ1v) is 32.3. The predicted molar refractivity (Wildman–Crippen MR) is 321 cm³/mol. The maximum atomic E-state index is 12.9. The molecule has 0 radical (unpaired) electrons. The average molecular weight is 1040 g/mol. The van der Waals surface area contributed by atoms with Gasteiger partial charge in [0.15, 0.2) is 6.10 Å². The van der Waals surface area contributed by atoms with Crippen molar-refractivity contribution in [3.05, 3.63) is 60.8 Å². The monoisotopic (exact) mass is 1030 g/mol. The minimum Gasteiger partial charge on any atom is -0.462 e. The molecule has 0 aromatic carbocycles.